The molecule has 132 valence electrons. The lowest BCUT2D eigenvalue weighted by molar-refractivity contribution is -0.144. The maximum Gasteiger partial charge on any atom is 0.309 e. The number of likely N-dealkylation sites (tertiary alicyclic amines) is 1. The fourth-order valence-corrected chi connectivity index (χ4v) is 5.99. The average molecular weight is 344 g/mol. The number of rotatable bonds is 5. The monoisotopic (exact) mass is 344 g/mol. The first kappa shape index (κ1) is 17.2. The summed E-state index contributed by atoms with van der Waals surface area (Å²) in [7, 11) is -2.10. The van der Waals surface area contributed by atoms with Gasteiger partial charge in [0.2, 0.25) is 10.0 Å². The second kappa shape index (κ2) is 6.69. The summed E-state index contributed by atoms with van der Waals surface area (Å²) in [5.74, 6) is -0.775. The minimum absolute atomic E-state index is 0.149. The van der Waals surface area contributed by atoms with Crippen LogP contribution < -0.4 is 0 Å². The van der Waals surface area contributed by atoms with Crippen molar-refractivity contribution in [1.29, 1.82) is 0 Å². The number of carbonyl (C=O) groups is 1. The van der Waals surface area contributed by atoms with Gasteiger partial charge in [-0.1, -0.05) is 6.92 Å². The highest BCUT2D eigenvalue weighted by atomic mass is 32.2. The Balaban J connectivity index is 1.63. The highest BCUT2D eigenvalue weighted by molar-refractivity contribution is 7.89. The molecule has 3 rings (SSSR count). The van der Waals surface area contributed by atoms with Crippen molar-refractivity contribution in [2.45, 2.75) is 51.1 Å². The Bertz CT molecular complexity index is 546. The van der Waals surface area contributed by atoms with Crippen molar-refractivity contribution >= 4 is 16.0 Å². The SMILES string of the molecule is COC(=O)[C@H](C)CS(=O)(=O)N1CC[C@@H]2[C@@H](CCCN2C2CC2)C1. The van der Waals surface area contributed by atoms with Gasteiger partial charge in [0.1, 0.15) is 0 Å². The van der Waals surface area contributed by atoms with E-state index in [1.54, 1.807) is 11.2 Å². The third-order valence-electron chi connectivity index (χ3n) is 5.55. The third-order valence-corrected chi connectivity index (χ3v) is 7.59. The summed E-state index contributed by atoms with van der Waals surface area (Å²) in [4.78, 5) is 14.1. The van der Waals surface area contributed by atoms with E-state index in [1.807, 2.05) is 0 Å². The van der Waals surface area contributed by atoms with Crippen LogP contribution in [0.2, 0.25) is 0 Å². The number of carbonyl (C=O) groups excluding carboxylic acids is 1. The number of hydrogen-bond acceptors (Lipinski definition) is 5. The topological polar surface area (TPSA) is 66.9 Å². The molecule has 6 nitrogen and oxygen atoms in total. The van der Waals surface area contributed by atoms with E-state index in [1.165, 1.54) is 32.9 Å². The number of hydrogen-bond donors (Lipinski definition) is 0. The molecule has 2 aliphatic heterocycles. The molecule has 7 heteroatoms. The molecule has 0 bridgehead atoms. The number of nitrogens with zero attached hydrogens (tertiary/aromatic N) is 2. The summed E-state index contributed by atoms with van der Waals surface area (Å²) in [6.07, 6.45) is 5.83. The van der Waals surface area contributed by atoms with Crippen molar-refractivity contribution in [2.24, 2.45) is 11.8 Å². The van der Waals surface area contributed by atoms with E-state index in [0.29, 0.717) is 25.0 Å². The maximum atomic E-state index is 12.6. The Kier molecular flexibility index (Phi) is 4.99. The van der Waals surface area contributed by atoms with Crippen LogP contribution in [0.5, 0.6) is 0 Å². The Hall–Kier alpha value is -0.660. The molecule has 2 saturated heterocycles. The van der Waals surface area contributed by atoms with Gasteiger partial charge in [0.25, 0.3) is 0 Å². The molecule has 1 aliphatic carbocycles. The van der Waals surface area contributed by atoms with E-state index in [4.69, 9.17) is 0 Å². The molecule has 0 spiro atoms. The van der Waals surface area contributed by atoms with Gasteiger partial charge < -0.3 is 4.74 Å². The lowest BCUT2D eigenvalue weighted by Gasteiger charge is -2.47. The van der Waals surface area contributed by atoms with Crippen molar-refractivity contribution in [3.05, 3.63) is 0 Å². The van der Waals surface area contributed by atoms with E-state index in [0.717, 1.165) is 18.9 Å². The van der Waals surface area contributed by atoms with Crippen LogP contribution in [0, 0.1) is 11.8 Å². The van der Waals surface area contributed by atoms with E-state index >= 15 is 0 Å². The largest absolute Gasteiger partial charge is 0.469 e. The van der Waals surface area contributed by atoms with E-state index in [2.05, 4.69) is 9.64 Å². The molecule has 23 heavy (non-hydrogen) atoms. The normalized spacial score (nSPS) is 31.4. The lowest BCUT2D eigenvalue weighted by Crippen LogP contribution is -2.56. The van der Waals surface area contributed by atoms with Crippen molar-refractivity contribution in [3.63, 3.8) is 0 Å². The van der Waals surface area contributed by atoms with Crippen molar-refractivity contribution in [1.82, 2.24) is 9.21 Å². The van der Waals surface area contributed by atoms with Crippen LogP contribution in [0.15, 0.2) is 0 Å². The minimum atomic E-state index is -3.40. The number of sulfonamides is 1. The summed E-state index contributed by atoms with van der Waals surface area (Å²) in [5, 5.41) is 0. The fraction of sp³-hybridized carbons (Fsp3) is 0.938. The zero-order valence-corrected chi connectivity index (χ0v) is 14.9. The Morgan fingerprint density at radius 3 is 2.61 bits per heavy atom. The summed E-state index contributed by atoms with van der Waals surface area (Å²) < 4.78 is 31.5. The second-order valence-electron chi connectivity index (χ2n) is 7.29. The smallest absolute Gasteiger partial charge is 0.309 e. The molecule has 1 saturated carbocycles. The molecule has 0 aromatic rings. The number of esters is 1. The van der Waals surface area contributed by atoms with Gasteiger partial charge in [0.15, 0.2) is 0 Å². The first-order valence-electron chi connectivity index (χ1n) is 8.74. The van der Waals surface area contributed by atoms with E-state index in [9.17, 15) is 13.2 Å². The van der Waals surface area contributed by atoms with Crippen LogP contribution in [0.25, 0.3) is 0 Å². The molecule has 0 aromatic carbocycles. The maximum absolute atomic E-state index is 12.6. The zero-order chi connectivity index (χ0) is 16.6. The van der Waals surface area contributed by atoms with Crippen molar-refractivity contribution in [2.75, 3.05) is 32.5 Å². The Labute approximate surface area is 139 Å². The molecule has 0 radical (unpaired) electrons. The summed E-state index contributed by atoms with van der Waals surface area (Å²) in [5.41, 5.74) is 0. The van der Waals surface area contributed by atoms with Crippen LogP contribution in [0.4, 0.5) is 0 Å². The van der Waals surface area contributed by atoms with Crippen molar-refractivity contribution in [3.8, 4) is 0 Å². The molecule has 3 atom stereocenters. The van der Waals surface area contributed by atoms with Gasteiger partial charge in [-0.3, -0.25) is 9.69 Å². The predicted octanol–water partition coefficient (Wildman–Crippen LogP) is 1.07. The number of piperidine rings is 2. The standard InChI is InChI=1S/C16H28N2O4S/c1-12(16(19)22-2)11-23(20,21)17-9-7-15-13(10-17)4-3-8-18(15)14-5-6-14/h12-15H,3-11H2,1-2H3/t12-,13+,15-/m1/s1. The van der Waals surface area contributed by atoms with Gasteiger partial charge >= 0.3 is 5.97 Å². The summed E-state index contributed by atoms with van der Waals surface area (Å²) in [6.45, 7) is 3.99. The van der Waals surface area contributed by atoms with Gasteiger partial charge in [-0.15, -0.1) is 0 Å². The van der Waals surface area contributed by atoms with Crippen molar-refractivity contribution < 1.29 is 17.9 Å². The highest BCUT2D eigenvalue weighted by Gasteiger charge is 2.44. The molecular weight excluding hydrogens is 316 g/mol. The zero-order valence-electron chi connectivity index (χ0n) is 14.1. The Morgan fingerprint density at radius 1 is 1.22 bits per heavy atom. The first-order chi connectivity index (χ1) is 10.9. The van der Waals surface area contributed by atoms with Crippen LogP contribution in [0.1, 0.15) is 39.0 Å². The van der Waals surface area contributed by atoms with E-state index in [-0.39, 0.29) is 5.75 Å². The van der Waals surface area contributed by atoms with Crippen LogP contribution in [-0.4, -0.2) is 68.2 Å². The van der Waals surface area contributed by atoms with E-state index < -0.39 is 21.9 Å². The van der Waals surface area contributed by atoms with Gasteiger partial charge in [0.05, 0.1) is 18.8 Å². The molecule has 0 N–H and O–H groups in total. The minimum Gasteiger partial charge on any atom is -0.469 e. The van der Waals surface area contributed by atoms with Gasteiger partial charge in [-0.25, -0.2) is 12.7 Å². The van der Waals surface area contributed by atoms with Crippen LogP contribution in [0.3, 0.4) is 0 Å². The molecule has 0 unspecified atom stereocenters. The van der Waals surface area contributed by atoms with Gasteiger partial charge in [-0.2, -0.15) is 0 Å². The first-order valence-corrected chi connectivity index (χ1v) is 10.3. The van der Waals surface area contributed by atoms with Gasteiger partial charge in [0, 0.05) is 25.2 Å². The molecule has 0 amide bonds. The molecule has 3 fully saturated rings. The molecule has 0 aromatic heterocycles. The predicted molar refractivity (Wildman–Crippen MR) is 87.4 cm³/mol. The quantitative estimate of drug-likeness (QED) is 0.698. The summed E-state index contributed by atoms with van der Waals surface area (Å²) >= 11 is 0. The average Bonchev–Trinajstić information content (AvgIpc) is 3.37. The number of methoxy groups -OCH3 is 1. The molecular formula is C16H28N2O4S. The third kappa shape index (κ3) is 3.72. The Morgan fingerprint density at radius 2 is 1.96 bits per heavy atom. The molecule has 3 aliphatic rings. The second-order valence-corrected chi connectivity index (χ2v) is 9.30. The lowest BCUT2D eigenvalue weighted by atomic mass is 9.84. The van der Waals surface area contributed by atoms with Crippen LogP contribution in [-0.2, 0) is 19.6 Å². The number of ether oxygens (including phenoxy) is 1. The number of fused-ring (bicyclic) bond motifs is 1. The highest BCUT2D eigenvalue weighted by Crippen LogP contribution is 2.38. The van der Waals surface area contributed by atoms with Gasteiger partial charge in [-0.05, 0) is 44.6 Å². The fourth-order valence-electron chi connectivity index (χ4n) is 4.21. The summed E-state index contributed by atoms with van der Waals surface area (Å²) in [6, 6.07) is 1.31. The van der Waals surface area contributed by atoms with Crippen LogP contribution >= 0.6 is 0 Å². The molecule has 2 heterocycles.